The molecule has 0 saturated carbocycles. The normalized spacial score (nSPS) is 10.7. The number of para-hydroxylation sites is 1. The molecule has 0 saturated heterocycles. The molecule has 0 aliphatic heterocycles. The summed E-state index contributed by atoms with van der Waals surface area (Å²) in [5.74, 6) is 1.56. The number of ether oxygens (including phenoxy) is 2. The van der Waals surface area contributed by atoms with Gasteiger partial charge in [0.1, 0.15) is 11.6 Å². The summed E-state index contributed by atoms with van der Waals surface area (Å²) in [7, 11) is 0. The summed E-state index contributed by atoms with van der Waals surface area (Å²) in [6.45, 7) is 7.71. The van der Waals surface area contributed by atoms with Crippen molar-refractivity contribution in [1.82, 2.24) is 4.98 Å². The summed E-state index contributed by atoms with van der Waals surface area (Å²) in [6.07, 6.45) is 0.770. The van der Waals surface area contributed by atoms with Crippen molar-refractivity contribution in [2.45, 2.75) is 33.8 Å². The van der Waals surface area contributed by atoms with E-state index in [1.54, 1.807) is 11.3 Å². The van der Waals surface area contributed by atoms with Crippen molar-refractivity contribution < 1.29 is 9.47 Å². The first kappa shape index (κ1) is 15.8. The Bertz CT molecular complexity index is 552. The Balaban J connectivity index is 2.19. The zero-order valence-corrected chi connectivity index (χ0v) is 13.6. The number of hydrogen-bond acceptors (Lipinski definition) is 5. The van der Waals surface area contributed by atoms with Crippen molar-refractivity contribution >= 4 is 11.3 Å². The van der Waals surface area contributed by atoms with Crippen LogP contribution in [-0.4, -0.2) is 18.1 Å². The molecule has 0 aliphatic carbocycles. The predicted molar refractivity (Wildman–Crippen MR) is 86.3 cm³/mol. The number of hydrogen-bond donors (Lipinski definition) is 1. The largest absolute Gasteiger partial charge is 0.490 e. The fourth-order valence-electron chi connectivity index (χ4n) is 2.08. The fourth-order valence-corrected chi connectivity index (χ4v) is 2.93. The maximum atomic E-state index is 6.00. The van der Waals surface area contributed by atoms with Crippen molar-refractivity contribution in [3.8, 4) is 11.5 Å². The van der Waals surface area contributed by atoms with Gasteiger partial charge in [-0.2, -0.15) is 0 Å². The summed E-state index contributed by atoms with van der Waals surface area (Å²) in [5.41, 5.74) is 7.82. The Morgan fingerprint density at radius 3 is 2.67 bits per heavy atom. The molecule has 1 aromatic carbocycles. The lowest BCUT2D eigenvalue weighted by Crippen LogP contribution is -2.07. The Morgan fingerprint density at radius 2 is 2.05 bits per heavy atom. The number of nitrogens with two attached hydrogens (primary N) is 1. The number of thiazole rings is 1. The molecule has 5 heteroatoms. The third kappa shape index (κ3) is 3.95. The molecule has 0 amide bonds. The van der Waals surface area contributed by atoms with Crippen LogP contribution in [0.3, 0.4) is 0 Å². The van der Waals surface area contributed by atoms with Gasteiger partial charge in [-0.25, -0.2) is 4.98 Å². The van der Waals surface area contributed by atoms with Crippen LogP contribution in [0.2, 0.25) is 0 Å². The van der Waals surface area contributed by atoms with Crippen molar-refractivity contribution in [3.63, 3.8) is 0 Å². The quantitative estimate of drug-likeness (QED) is 0.853. The van der Waals surface area contributed by atoms with E-state index in [0.717, 1.165) is 34.2 Å². The molecule has 4 nitrogen and oxygen atoms in total. The van der Waals surface area contributed by atoms with Crippen LogP contribution < -0.4 is 15.2 Å². The van der Waals surface area contributed by atoms with Gasteiger partial charge in [-0.15, -0.1) is 11.3 Å². The Morgan fingerprint density at radius 1 is 1.24 bits per heavy atom. The molecule has 0 bridgehead atoms. The number of aryl methyl sites for hydroxylation is 2. The highest BCUT2D eigenvalue weighted by Gasteiger charge is 2.12. The highest BCUT2D eigenvalue weighted by atomic mass is 32.1. The minimum atomic E-state index is 0.459. The number of rotatable bonds is 7. The van der Waals surface area contributed by atoms with E-state index in [1.165, 1.54) is 4.88 Å². The second-order valence-corrected chi connectivity index (χ2v) is 6.04. The summed E-state index contributed by atoms with van der Waals surface area (Å²) in [5, 5.41) is 0.981. The van der Waals surface area contributed by atoms with Crippen molar-refractivity contribution in [3.05, 3.63) is 39.3 Å². The number of aromatic nitrogens is 1. The molecule has 0 aliphatic rings. The van der Waals surface area contributed by atoms with Crippen LogP contribution in [0.5, 0.6) is 11.5 Å². The lowest BCUT2D eigenvalue weighted by atomic mass is 10.1. The van der Waals surface area contributed by atoms with Gasteiger partial charge in [0.05, 0.1) is 12.3 Å². The molecule has 0 radical (unpaired) electrons. The third-order valence-electron chi connectivity index (χ3n) is 3.19. The second-order valence-electron chi connectivity index (χ2n) is 4.75. The highest BCUT2D eigenvalue weighted by Crippen LogP contribution is 2.32. The van der Waals surface area contributed by atoms with Crippen molar-refractivity contribution in [1.29, 1.82) is 0 Å². The summed E-state index contributed by atoms with van der Waals surface area (Å²) in [4.78, 5) is 5.74. The maximum Gasteiger partial charge on any atom is 0.165 e. The lowest BCUT2D eigenvalue weighted by molar-refractivity contribution is 0.266. The maximum absolute atomic E-state index is 6.00. The first-order valence-electron chi connectivity index (χ1n) is 7.16. The van der Waals surface area contributed by atoms with Crippen LogP contribution in [0, 0.1) is 13.8 Å². The van der Waals surface area contributed by atoms with E-state index in [4.69, 9.17) is 15.2 Å². The summed E-state index contributed by atoms with van der Waals surface area (Å²) >= 11 is 1.67. The molecule has 0 unspecified atom stereocenters. The van der Waals surface area contributed by atoms with Gasteiger partial charge in [-0.3, -0.25) is 0 Å². The minimum absolute atomic E-state index is 0.459. The Kier molecular flexibility index (Phi) is 5.59. The van der Waals surface area contributed by atoms with E-state index in [2.05, 4.69) is 11.9 Å². The van der Waals surface area contributed by atoms with Gasteiger partial charge < -0.3 is 15.2 Å². The van der Waals surface area contributed by atoms with Crippen LogP contribution in [0.4, 0.5) is 0 Å². The Hall–Kier alpha value is -1.59. The number of nitrogens with zero attached hydrogens (tertiary/aromatic N) is 1. The molecule has 2 aromatic rings. The lowest BCUT2D eigenvalue weighted by Gasteiger charge is -2.15. The zero-order chi connectivity index (χ0) is 15.2. The highest BCUT2D eigenvalue weighted by molar-refractivity contribution is 7.11. The molecule has 2 rings (SSSR count). The van der Waals surface area contributed by atoms with Crippen molar-refractivity contribution in [2.24, 2.45) is 5.73 Å². The fraction of sp³-hybridized carbons (Fsp3) is 0.438. The van der Waals surface area contributed by atoms with E-state index in [0.29, 0.717) is 19.8 Å². The van der Waals surface area contributed by atoms with Gasteiger partial charge in [0.25, 0.3) is 0 Å². The van der Waals surface area contributed by atoms with E-state index in [9.17, 15) is 0 Å². The average molecular weight is 306 g/mol. The van der Waals surface area contributed by atoms with E-state index in [-0.39, 0.29) is 0 Å². The first-order valence-corrected chi connectivity index (χ1v) is 7.97. The second kappa shape index (κ2) is 7.43. The van der Waals surface area contributed by atoms with Crippen LogP contribution in [-0.2, 0) is 13.0 Å². The smallest absolute Gasteiger partial charge is 0.165 e. The van der Waals surface area contributed by atoms with Crippen molar-refractivity contribution in [2.75, 3.05) is 13.2 Å². The van der Waals surface area contributed by atoms with Gasteiger partial charge in [0.15, 0.2) is 11.5 Å². The monoisotopic (exact) mass is 306 g/mol. The Labute approximate surface area is 129 Å². The van der Waals surface area contributed by atoms with E-state index < -0.39 is 0 Å². The van der Waals surface area contributed by atoms with E-state index in [1.807, 2.05) is 32.0 Å². The molecule has 1 aromatic heterocycles. The molecule has 2 N–H and O–H groups in total. The third-order valence-corrected chi connectivity index (χ3v) is 4.23. The molecule has 114 valence electrons. The molecular weight excluding hydrogens is 284 g/mol. The van der Waals surface area contributed by atoms with Gasteiger partial charge in [0.2, 0.25) is 0 Å². The van der Waals surface area contributed by atoms with E-state index >= 15 is 0 Å². The van der Waals surface area contributed by atoms with Crippen LogP contribution >= 0.6 is 11.3 Å². The topological polar surface area (TPSA) is 57.4 Å². The SMILES string of the molecule is CCOc1cccc(CCN)c1OCc1nc(C)c(C)s1. The van der Waals surface area contributed by atoms with Gasteiger partial charge >= 0.3 is 0 Å². The molecule has 21 heavy (non-hydrogen) atoms. The standard InChI is InChI=1S/C16H22N2O2S/c1-4-19-14-7-5-6-13(8-9-17)16(14)20-10-15-18-11(2)12(3)21-15/h5-7H,4,8-10,17H2,1-3H3. The summed E-state index contributed by atoms with van der Waals surface area (Å²) < 4.78 is 11.7. The predicted octanol–water partition coefficient (Wildman–Crippen LogP) is 3.24. The van der Waals surface area contributed by atoms with Crippen LogP contribution in [0.1, 0.15) is 28.1 Å². The molecule has 0 atom stereocenters. The van der Waals surface area contributed by atoms with Gasteiger partial charge in [-0.05, 0) is 45.4 Å². The van der Waals surface area contributed by atoms with Crippen LogP contribution in [0.25, 0.3) is 0 Å². The summed E-state index contributed by atoms with van der Waals surface area (Å²) in [6, 6.07) is 5.93. The average Bonchev–Trinajstić information content (AvgIpc) is 2.78. The molecule has 0 spiro atoms. The van der Waals surface area contributed by atoms with Gasteiger partial charge in [0, 0.05) is 4.88 Å². The number of benzene rings is 1. The molecule has 0 fully saturated rings. The molecular formula is C16H22N2O2S. The minimum Gasteiger partial charge on any atom is -0.490 e. The molecule has 1 heterocycles. The zero-order valence-electron chi connectivity index (χ0n) is 12.8. The first-order chi connectivity index (χ1) is 10.2. The van der Waals surface area contributed by atoms with Crippen LogP contribution in [0.15, 0.2) is 18.2 Å². The van der Waals surface area contributed by atoms with Gasteiger partial charge in [-0.1, -0.05) is 12.1 Å².